The van der Waals surface area contributed by atoms with Crippen molar-refractivity contribution >= 4 is 5.82 Å². The van der Waals surface area contributed by atoms with Crippen molar-refractivity contribution in [2.45, 2.75) is 33.6 Å². The molecule has 2 rings (SSSR count). The Morgan fingerprint density at radius 2 is 2.00 bits per heavy atom. The first kappa shape index (κ1) is 12.7. The van der Waals surface area contributed by atoms with E-state index < -0.39 is 0 Å². The maximum Gasteiger partial charge on any atom is 0.129 e. The quantitative estimate of drug-likeness (QED) is 0.811. The van der Waals surface area contributed by atoms with E-state index in [1.54, 1.807) is 0 Å². The van der Waals surface area contributed by atoms with Gasteiger partial charge in [0.05, 0.1) is 11.9 Å². The average molecular weight is 243 g/mol. The fraction of sp³-hybridized carbons (Fsp3) is 0.400. The first-order chi connectivity index (χ1) is 8.72. The summed E-state index contributed by atoms with van der Waals surface area (Å²) in [6.07, 6.45) is 4.21. The maximum atomic E-state index is 4.39. The van der Waals surface area contributed by atoms with Gasteiger partial charge in [0.2, 0.25) is 0 Å². The Labute approximate surface area is 109 Å². The Kier molecular flexibility index (Phi) is 4.03. The molecule has 1 heterocycles. The Morgan fingerprint density at radius 3 is 2.72 bits per heavy atom. The summed E-state index contributed by atoms with van der Waals surface area (Å²) in [7, 11) is 0. The average Bonchev–Trinajstić information content (AvgIpc) is 2.81. The molecule has 0 unspecified atom stereocenters. The van der Waals surface area contributed by atoms with Gasteiger partial charge < -0.3 is 5.32 Å². The zero-order valence-corrected chi connectivity index (χ0v) is 11.4. The van der Waals surface area contributed by atoms with E-state index in [1.807, 2.05) is 16.9 Å². The van der Waals surface area contributed by atoms with Crippen LogP contribution in [-0.4, -0.2) is 16.3 Å². The van der Waals surface area contributed by atoms with Gasteiger partial charge in [0.15, 0.2) is 0 Å². The molecule has 0 fully saturated rings. The number of hydrogen-bond acceptors (Lipinski definition) is 2. The lowest BCUT2D eigenvalue weighted by Crippen LogP contribution is -2.07. The maximum absolute atomic E-state index is 4.39. The van der Waals surface area contributed by atoms with Crippen molar-refractivity contribution in [3.8, 4) is 5.69 Å². The monoisotopic (exact) mass is 243 g/mol. The predicted molar refractivity (Wildman–Crippen MR) is 76.4 cm³/mol. The first-order valence-corrected chi connectivity index (χ1v) is 6.58. The topological polar surface area (TPSA) is 29.9 Å². The summed E-state index contributed by atoms with van der Waals surface area (Å²) in [6.45, 7) is 7.45. The fourth-order valence-corrected chi connectivity index (χ4v) is 1.89. The molecule has 0 saturated heterocycles. The molecule has 96 valence electrons. The van der Waals surface area contributed by atoms with E-state index >= 15 is 0 Å². The molecular weight excluding hydrogens is 222 g/mol. The van der Waals surface area contributed by atoms with Gasteiger partial charge in [-0.3, -0.25) is 0 Å². The van der Waals surface area contributed by atoms with Crippen LogP contribution in [-0.2, 0) is 0 Å². The molecule has 0 bridgehead atoms. The van der Waals surface area contributed by atoms with Crippen molar-refractivity contribution in [1.82, 2.24) is 9.78 Å². The number of nitrogens with zero attached hydrogens (tertiary/aromatic N) is 2. The van der Waals surface area contributed by atoms with Crippen LogP contribution in [0.5, 0.6) is 0 Å². The molecule has 0 amide bonds. The van der Waals surface area contributed by atoms with Crippen LogP contribution >= 0.6 is 0 Å². The van der Waals surface area contributed by atoms with Crippen molar-refractivity contribution in [1.29, 1.82) is 0 Å². The molecule has 0 aliphatic heterocycles. The number of hydrogen-bond donors (Lipinski definition) is 1. The summed E-state index contributed by atoms with van der Waals surface area (Å²) in [4.78, 5) is 0. The summed E-state index contributed by atoms with van der Waals surface area (Å²) < 4.78 is 1.96. The van der Waals surface area contributed by atoms with Gasteiger partial charge in [0, 0.05) is 12.6 Å². The van der Waals surface area contributed by atoms with Crippen molar-refractivity contribution in [2.75, 3.05) is 11.9 Å². The van der Waals surface area contributed by atoms with Crippen LogP contribution in [0.1, 0.15) is 30.9 Å². The van der Waals surface area contributed by atoms with Gasteiger partial charge in [0.1, 0.15) is 5.82 Å². The zero-order valence-electron chi connectivity index (χ0n) is 11.4. The van der Waals surface area contributed by atoms with E-state index in [-0.39, 0.29) is 0 Å². The fourth-order valence-electron chi connectivity index (χ4n) is 1.89. The number of aryl methyl sites for hydroxylation is 2. The van der Waals surface area contributed by atoms with E-state index in [0.29, 0.717) is 0 Å². The molecule has 3 heteroatoms. The van der Waals surface area contributed by atoms with Crippen molar-refractivity contribution < 1.29 is 0 Å². The zero-order chi connectivity index (χ0) is 13.0. The van der Waals surface area contributed by atoms with Gasteiger partial charge in [-0.2, -0.15) is 5.10 Å². The molecule has 2 aromatic rings. The van der Waals surface area contributed by atoms with E-state index in [2.05, 4.69) is 49.4 Å². The highest BCUT2D eigenvalue weighted by atomic mass is 15.3. The van der Waals surface area contributed by atoms with Crippen LogP contribution < -0.4 is 5.32 Å². The number of nitrogens with one attached hydrogen (secondary N) is 1. The van der Waals surface area contributed by atoms with Gasteiger partial charge in [-0.25, -0.2) is 4.68 Å². The van der Waals surface area contributed by atoms with Crippen LogP contribution in [0.3, 0.4) is 0 Å². The van der Waals surface area contributed by atoms with E-state index in [0.717, 1.165) is 18.1 Å². The minimum atomic E-state index is 0.993. The highest BCUT2D eigenvalue weighted by Gasteiger charge is 2.05. The standard InChI is InChI=1S/C15H21N3/c1-4-5-9-16-15-8-10-17-18(15)14-7-6-12(2)13(3)11-14/h6-8,10-11,16H,4-5,9H2,1-3H3. The molecule has 3 nitrogen and oxygen atoms in total. The molecule has 0 radical (unpaired) electrons. The summed E-state index contributed by atoms with van der Waals surface area (Å²) in [5.41, 5.74) is 3.72. The molecule has 1 N–H and O–H groups in total. The van der Waals surface area contributed by atoms with Gasteiger partial charge >= 0.3 is 0 Å². The highest BCUT2D eigenvalue weighted by molar-refractivity contribution is 5.47. The SMILES string of the molecule is CCCCNc1ccnn1-c1ccc(C)c(C)c1. The third-order valence-corrected chi connectivity index (χ3v) is 3.21. The second kappa shape index (κ2) is 5.71. The summed E-state index contributed by atoms with van der Waals surface area (Å²) in [6, 6.07) is 8.45. The Morgan fingerprint density at radius 1 is 1.17 bits per heavy atom. The van der Waals surface area contributed by atoms with Gasteiger partial charge in [-0.05, 0) is 43.5 Å². The Balaban J connectivity index is 2.22. The van der Waals surface area contributed by atoms with Crippen LogP contribution in [0, 0.1) is 13.8 Å². The van der Waals surface area contributed by atoms with Crippen LogP contribution in [0.4, 0.5) is 5.82 Å². The number of rotatable bonds is 5. The third kappa shape index (κ3) is 2.73. The smallest absolute Gasteiger partial charge is 0.129 e. The lowest BCUT2D eigenvalue weighted by Gasteiger charge is -2.11. The normalized spacial score (nSPS) is 10.6. The molecule has 0 aliphatic carbocycles. The predicted octanol–water partition coefficient (Wildman–Crippen LogP) is 3.70. The van der Waals surface area contributed by atoms with E-state index in [9.17, 15) is 0 Å². The Bertz CT molecular complexity index is 514. The molecule has 0 aliphatic rings. The number of anilines is 1. The number of benzene rings is 1. The van der Waals surface area contributed by atoms with E-state index in [1.165, 1.54) is 24.0 Å². The van der Waals surface area contributed by atoms with Crippen molar-refractivity contribution in [3.63, 3.8) is 0 Å². The van der Waals surface area contributed by atoms with Crippen LogP contribution in [0.2, 0.25) is 0 Å². The molecule has 1 aromatic carbocycles. The summed E-state index contributed by atoms with van der Waals surface area (Å²) in [5, 5.41) is 7.82. The summed E-state index contributed by atoms with van der Waals surface area (Å²) in [5.74, 6) is 1.06. The molecule has 0 atom stereocenters. The lowest BCUT2D eigenvalue weighted by atomic mass is 10.1. The van der Waals surface area contributed by atoms with Gasteiger partial charge in [-0.1, -0.05) is 19.4 Å². The second-order valence-corrected chi connectivity index (χ2v) is 4.68. The van der Waals surface area contributed by atoms with E-state index in [4.69, 9.17) is 0 Å². The molecule has 0 saturated carbocycles. The van der Waals surface area contributed by atoms with Crippen molar-refractivity contribution in [3.05, 3.63) is 41.6 Å². The van der Waals surface area contributed by atoms with Crippen LogP contribution in [0.15, 0.2) is 30.5 Å². The molecule has 0 spiro atoms. The molecular formula is C15H21N3. The number of aromatic nitrogens is 2. The Hall–Kier alpha value is -1.77. The minimum Gasteiger partial charge on any atom is -0.370 e. The first-order valence-electron chi connectivity index (χ1n) is 6.58. The van der Waals surface area contributed by atoms with Gasteiger partial charge in [-0.15, -0.1) is 0 Å². The highest BCUT2D eigenvalue weighted by Crippen LogP contribution is 2.18. The van der Waals surface area contributed by atoms with Gasteiger partial charge in [0.25, 0.3) is 0 Å². The third-order valence-electron chi connectivity index (χ3n) is 3.21. The largest absolute Gasteiger partial charge is 0.370 e. The number of unbranched alkanes of at least 4 members (excludes halogenated alkanes) is 1. The summed E-state index contributed by atoms with van der Waals surface area (Å²) >= 11 is 0. The van der Waals surface area contributed by atoms with Crippen molar-refractivity contribution in [2.24, 2.45) is 0 Å². The molecule has 1 aromatic heterocycles. The van der Waals surface area contributed by atoms with Crippen LogP contribution in [0.25, 0.3) is 5.69 Å². The second-order valence-electron chi connectivity index (χ2n) is 4.68. The lowest BCUT2D eigenvalue weighted by molar-refractivity contribution is 0.813. The molecule has 18 heavy (non-hydrogen) atoms. The minimum absolute atomic E-state index is 0.993.